The number of hydrogen-bond donors (Lipinski definition) is 0. The Kier molecular flexibility index (Phi) is 3.43. The van der Waals surface area contributed by atoms with Gasteiger partial charge in [-0.2, -0.15) is 30.7 Å². The van der Waals surface area contributed by atoms with Crippen molar-refractivity contribution in [2.24, 2.45) is 0 Å². The predicted molar refractivity (Wildman–Crippen MR) is 34.9 cm³/mol. The van der Waals surface area contributed by atoms with Crippen LogP contribution in [0.5, 0.6) is 0 Å². The summed E-state index contributed by atoms with van der Waals surface area (Å²) in [4.78, 5) is 0. The molecule has 0 radical (unpaired) electrons. The van der Waals surface area contributed by atoms with E-state index in [0.717, 1.165) is 0 Å². The molecule has 0 aliphatic heterocycles. The smallest absolute Gasteiger partial charge is 0.230 e. The summed E-state index contributed by atoms with van der Waals surface area (Å²) < 4.78 is 88.1. The molecule has 0 saturated heterocycles. The van der Waals surface area contributed by atoms with Crippen molar-refractivity contribution in [2.75, 3.05) is 0 Å². The molecule has 1 atom stereocenters. The Labute approximate surface area is 80.4 Å². The van der Waals surface area contributed by atoms with Gasteiger partial charge in [0.05, 0.1) is 0 Å². The normalized spacial score (nSPS) is 17.3. The minimum Gasteiger partial charge on any atom is -0.230 e. The van der Waals surface area contributed by atoms with Crippen LogP contribution in [0, 0.1) is 0 Å². The molecule has 0 heterocycles. The monoisotopic (exact) mass is 328 g/mol. The van der Waals surface area contributed by atoms with Gasteiger partial charge in [0, 0.05) is 22.6 Å². The fourth-order valence-corrected chi connectivity index (χ4v) is 0.623. The Morgan fingerprint density at radius 1 is 0.846 bits per heavy atom. The highest BCUT2D eigenvalue weighted by atomic mass is 127. The molecule has 0 aliphatic rings. The lowest BCUT2D eigenvalue weighted by molar-refractivity contribution is -0.278. The van der Waals surface area contributed by atoms with Crippen molar-refractivity contribution in [2.45, 2.75) is 22.2 Å². The summed E-state index contributed by atoms with van der Waals surface area (Å²) in [6, 6.07) is 0. The van der Waals surface area contributed by atoms with Gasteiger partial charge in [0.25, 0.3) is 6.17 Å². The molecule has 0 rings (SSSR count). The number of hydrogen-bond acceptors (Lipinski definition) is 0. The number of rotatable bonds is 2. The number of halogens is 9. The highest BCUT2D eigenvalue weighted by molar-refractivity contribution is 14.1. The highest BCUT2D eigenvalue weighted by Gasteiger charge is 2.68. The van der Waals surface area contributed by atoms with E-state index in [-0.39, 0.29) is 22.6 Å². The van der Waals surface area contributed by atoms with Crippen molar-refractivity contribution in [1.29, 1.82) is 0 Å². The van der Waals surface area contributed by atoms with Gasteiger partial charge in [-0.25, -0.2) is 4.39 Å². The second kappa shape index (κ2) is 3.39. The Balaban J connectivity index is 4.86. The first kappa shape index (κ1) is 13.2. The lowest BCUT2D eigenvalue weighted by Crippen LogP contribution is -2.50. The maximum atomic E-state index is 12.0. The Bertz CT molecular complexity index is 178. The van der Waals surface area contributed by atoms with Gasteiger partial charge in [-0.3, -0.25) is 0 Å². The van der Waals surface area contributed by atoms with E-state index < -0.39 is 22.2 Å². The Hall–Kier alpha value is 0.170. The van der Waals surface area contributed by atoms with Crippen molar-refractivity contribution >= 4 is 22.6 Å². The zero-order valence-electron chi connectivity index (χ0n) is 5.48. The Morgan fingerprint density at radius 3 is 1.23 bits per heavy atom. The van der Waals surface area contributed by atoms with E-state index >= 15 is 0 Å². The molecule has 9 heteroatoms. The molecule has 0 spiro atoms. The van der Waals surface area contributed by atoms with E-state index in [1.165, 1.54) is 0 Å². The topological polar surface area (TPSA) is 0 Å². The molecular formula is C4HF8I. The van der Waals surface area contributed by atoms with Crippen LogP contribution < -0.4 is 0 Å². The maximum absolute atomic E-state index is 12.0. The minimum absolute atomic E-state index is 0.249. The lowest BCUT2D eigenvalue weighted by atomic mass is 10.2. The quantitative estimate of drug-likeness (QED) is 0.413. The summed E-state index contributed by atoms with van der Waals surface area (Å²) in [5.74, 6) is -5.76. The molecule has 0 nitrogen and oxygen atoms in total. The third-order valence-electron chi connectivity index (χ3n) is 0.984. The van der Waals surface area contributed by atoms with Crippen molar-refractivity contribution in [3.05, 3.63) is 0 Å². The second-order valence-corrected chi connectivity index (χ2v) is 3.38. The SMILES string of the molecule is FC(C(F)(F)F)C(F)(F)C(F)(F)I. The van der Waals surface area contributed by atoms with Gasteiger partial charge < -0.3 is 0 Å². The van der Waals surface area contributed by atoms with Gasteiger partial charge in [0.15, 0.2) is 0 Å². The standard InChI is InChI=1S/C4HF8I/c5-1(3(8,9)10)2(6,7)4(11,12)13/h1H. The average Bonchev–Trinajstić information content (AvgIpc) is 1.81. The summed E-state index contributed by atoms with van der Waals surface area (Å²) in [5, 5.41) is 0. The van der Waals surface area contributed by atoms with Crippen LogP contribution in [0.25, 0.3) is 0 Å². The van der Waals surface area contributed by atoms with E-state index in [4.69, 9.17) is 0 Å². The van der Waals surface area contributed by atoms with Gasteiger partial charge in [-0.05, 0) is 0 Å². The van der Waals surface area contributed by atoms with Crippen LogP contribution in [-0.2, 0) is 0 Å². The molecule has 1 unspecified atom stereocenters. The highest BCUT2D eigenvalue weighted by Crippen LogP contribution is 2.47. The van der Waals surface area contributed by atoms with E-state index in [1.807, 2.05) is 0 Å². The molecule has 13 heavy (non-hydrogen) atoms. The average molecular weight is 328 g/mol. The zero-order chi connectivity index (χ0) is 11.1. The molecular weight excluding hydrogens is 327 g/mol. The number of alkyl halides is 9. The van der Waals surface area contributed by atoms with Crippen molar-refractivity contribution in [3.8, 4) is 0 Å². The summed E-state index contributed by atoms with van der Waals surface area (Å²) in [5.41, 5.74) is 0. The Morgan fingerprint density at radius 2 is 1.15 bits per heavy atom. The predicted octanol–water partition coefficient (Wildman–Crippen LogP) is 3.55. The molecule has 0 fully saturated rings. The minimum atomic E-state index is -6.00. The fourth-order valence-electron chi connectivity index (χ4n) is 0.349. The van der Waals surface area contributed by atoms with E-state index in [0.29, 0.717) is 0 Å². The van der Waals surface area contributed by atoms with Crippen LogP contribution in [0.15, 0.2) is 0 Å². The molecule has 0 saturated carbocycles. The van der Waals surface area contributed by atoms with E-state index in [2.05, 4.69) is 0 Å². The largest absolute Gasteiger partial charge is 0.425 e. The van der Waals surface area contributed by atoms with Gasteiger partial charge in [-0.1, -0.05) is 0 Å². The molecule has 0 aromatic heterocycles. The summed E-state index contributed by atoms with van der Waals surface area (Å²) in [6.45, 7) is 0. The summed E-state index contributed by atoms with van der Waals surface area (Å²) in [6.07, 6.45) is -10.9. The van der Waals surface area contributed by atoms with Crippen molar-refractivity contribution in [1.82, 2.24) is 0 Å². The van der Waals surface area contributed by atoms with Crippen LogP contribution in [0.3, 0.4) is 0 Å². The van der Waals surface area contributed by atoms with Crippen LogP contribution in [0.2, 0.25) is 0 Å². The van der Waals surface area contributed by atoms with E-state index in [1.54, 1.807) is 0 Å². The van der Waals surface area contributed by atoms with Crippen LogP contribution in [-0.4, -0.2) is 22.2 Å². The third-order valence-corrected chi connectivity index (χ3v) is 1.70. The third kappa shape index (κ3) is 2.81. The van der Waals surface area contributed by atoms with Gasteiger partial charge in [0.1, 0.15) is 0 Å². The van der Waals surface area contributed by atoms with Gasteiger partial charge >= 0.3 is 16.0 Å². The first-order valence-electron chi connectivity index (χ1n) is 2.56. The first-order chi connectivity index (χ1) is 5.40. The molecule has 0 aliphatic carbocycles. The first-order valence-corrected chi connectivity index (χ1v) is 3.64. The molecule has 80 valence electrons. The zero-order valence-corrected chi connectivity index (χ0v) is 7.64. The molecule has 0 aromatic rings. The van der Waals surface area contributed by atoms with Crippen LogP contribution in [0.4, 0.5) is 35.1 Å². The van der Waals surface area contributed by atoms with Crippen molar-refractivity contribution < 1.29 is 35.1 Å². The maximum Gasteiger partial charge on any atom is 0.425 e. The molecule has 0 bridgehead atoms. The van der Waals surface area contributed by atoms with Crippen LogP contribution >= 0.6 is 22.6 Å². The van der Waals surface area contributed by atoms with Gasteiger partial charge in [0.2, 0.25) is 0 Å². The summed E-state index contributed by atoms with van der Waals surface area (Å²) >= 11 is -0.249. The van der Waals surface area contributed by atoms with E-state index in [9.17, 15) is 35.1 Å². The lowest BCUT2D eigenvalue weighted by Gasteiger charge is -2.25. The van der Waals surface area contributed by atoms with Gasteiger partial charge in [-0.15, -0.1) is 0 Å². The molecule has 0 N–H and O–H groups in total. The van der Waals surface area contributed by atoms with Crippen LogP contribution in [0.1, 0.15) is 0 Å². The second-order valence-electron chi connectivity index (χ2n) is 2.02. The van der Waals surface area contributed by atoms with Crippen molar-refractivity contribution in [3.63, 3.8) is 0 Å². The molecule has 0 aromatic carbocycles. The fraction of sp³-hybridized carbons (Fsp3) is 1.00. The summed E-state index contributed by atoms with van der Waals surface area (Å²) in [7, 11) is 0. The molecule has 0 amide bonds.